The zero-order valence-electron chi connectivity index (χ0n) is 15.7. The maximum atomic E-state index is 12.6. The number of carboxylic acids is 1. The van der Waals surface area contributed by atoms with Crippen molar-refractivity contribution in [3.63, 3.8) is 0 Å². The van der Waals surface area contributed by atoms with Crippen LogP contribution in [-0.4, -0.2) is 54.8 Å². The first-order chi connectivity index (χ1) is 13.3. The number of hydrogen-bond acceptors (Lipinski definition) is 5. The molecule has 28 heavy (non-hydrogen) atoms. The lowest BCUT2D eigenvalue weighted by Gasteiger charge is -2.21. The highest BCUT2D eigenvalue weighted by Gasteiger charge is 2.42. The molecule has 0 saturated carbocycles. The van der Waals surface area contributed by atoms with Gasteiger partial charge in [0, 0.05) is 23.9 Å². The molecule has 8 nitrogen and oxygen atoms in total. The van der Waals surface area contributed by atoms with Gasteiger partial charge in [-0.1, -0.05) is 24.3 Å². The number of benzene rings is 2. The predicted molar refractivity (Wildman–Crippen MR) is 102 cm³/mol. The molecule has 0 bridgehead atoms. The molecule has 1 fully saturated rings. The Balaban J connectivity index is 1.80. The first kappa shape index (κ1) is 19.5. The lowest BCUT2D eigenvalue weighted by atomic mass is 9.90. The zero-order valence-corrected chi connectivity index (χ0v) is 15.7. The van der Waals surface area contributed by atoms with Gasteiger partial charge in [-0.2, -0.15) is 0 Å². The van der Waals surface area contributed by atoms with Crippen LogP contribution in [0.25, 0.3) is 10.8 Å². The van der Waals surface area contributed by atoms with Crippen molar-refractivity contribution < 1.29 is 29.0 Å². The highest BCUT2D eigenvalue weighted by atomic mass is 16.6. The fourth-order valence-corrected chi connectivity index (χ4v) is 3.21. The van der Waals surface area contributed by atoms with Gasteiger partial charge in [0.2, 0.25) is 0 Å². The van der Waals surface area contributed by atoms with Crippen molar-refractivity contribution in [1.29, 1.82) is 0 Å². The molecule has 0 aromatic heterocycles. The van der Waals surface area contributed by atoms with Crippen molar-refractivity contribution in [2.75, 3.05) is 32.1 Å². The number of urea groups is 1. The van der Waals surface area contributed by atoms with Crippen LogP contribution in [0.2, 0.25) is 0 Å². The maximum Gasteiger partial charge on any atom is 0.343 e. The Morgan fingerprint density at radius 1 is 1.18 bits per heavy atom. The number of amides is 2. The maximum absolute atomic E-state index is 12.6. The van der Waals surface area contributed by atoms with Crippen LogP contribution in [0.3, 0.4) is 0 Å². The van der Waals surface area contributed by atoms with Crippen LogP contribution in [0.1, 0.15) is 13.3 Å². The number of carbonyl (C=O) groups is 3. The summed E-state index contributed by atoms with van der Waals surface area (Å²) < 4.78 is 10.1. The number of methoxy groups -OCH3 is 1. The Labute approximate surface area is 162 Å². The van der Waals surface area contributed by atoms with Crippen molar-refractivity contribution in [2.24, 2.45) is 5.41 Å². The smallest absolute Gasteiger partial charge is 0.343 e. The molecule has 1 aliphatic rings. The molecular weight excluding hydrogens is 364 g/mol. The van der Waals surface area contributed by atoms with E-state index in [1.807, 2.05) is 24.3 Å². The van der Waals surface area contributed by atoms with Crippen molar-refractivity contribution >= 4 is 34.4 Å². The standard InChI is InChI=1S/C20H22N2O6/c1-20(18(24)25)9-10-22(12-20)19(26)21-15-7-8-16(28-11-17(23)27-2)14-6-4-3-5-13(14)15/h3-8H,9-12H2,1-2H3,(H,21,26)(H,24,25). The minimum atomic E-state index is -0.926. The molecule has 2 aromatic carbocycles. The third-order valence-corrected chi connectivity index (χ3v) is 4.98. The number of nitrogens with one attached hydrogen (secondary N) is 1. The van der Waals surface area contributed by atoms with E-state index in [1.54, 1.807) is 19.1 Å². The van der Waals surface area contributed by atoms with Crippen LogP contribution in [0, 0.1) is 5.41 Å². The number of esters is 1. The molecule has 2 aromatic rings. The van der Waals surface area contributed by atoms with Crippen LogP contribution < -0.4 is 10.1 Å². The fourth-order valence-electron chi connectivity index (χ4n) is 3.21. The van der Waals surface area contributed by atoms with E-state index in [1.165, 1.54) is 12.0 Å². The molecule has 0 radical (unpaired) electrons. The van der Waals surface area contributed by atoms with E-state index in [0.717, 1.165) is 10.8 Å². The number of rotatable bonds is 5. The molecule has 0 aliphatic carbocycles. The quantitative estimate of drug-likeness (QED) is 0.766. The fraction of sp³-hybridized carbons (Fsp3) is 0.350. The van der Waals surface area contributed by atoms with Gasteiger partial charge in [-0.25, -0.2) is 9.59 Å². The molecule has 2 amide bonds. The summed E-state index contributed by atoms with van der Waals surface area (Å²) >= 11 is 0. The molecule has 8 heteroatoms. The van der Waals surface area contributed by atoms with E-state index in [0.29, 0.717) is 24.4 Å². The average molecular weight is 386 g/mol. The molecule has 1 heterocycles. The summed E-state index contributed by atoms with van der Waals surface area (Å²) in [5.74, 6) is -0.893. The van der Waals surface area contributed by atoms with Crippen molar-refractivity contribution in [3.8, 4) is 5.75 Å². The number of anilines is 1. The molecular formula is C20H22N2O6. The summed E-state index contributed by atoms with van der Waals surface area (Å²) in [7, 11) is 1.29. The highest BCUT2D eigenvalue weighted by Crippen LogP contribution is 2.33. The minimum absolute atomic E-state index is 0.159. The summed E-state index contributed by atoms with van der Waals surface area (Å²) in [5, 5.41) is 13.7. The number of nitrogens with zero attached hydrogens (tertiary/aromatic N) is 1. The second-order valence-corrected chi connectivity index (χ2v) is 6.99. The molecule has 2 N–H and O–H groups in total. The van der Waals surface area contributed by atoms with Crippen LogP contribution in [-0.2, 0) is 14.3 Å². The SMILES string of the molecule is COC(=O)COc1ccc(NC(=O)N2CCC(C)(C(=O)O)C2)c2ccccc12. The molecule has 148 valence electrons. The molecule has 1 aliphatic heterocycles. The van der Waals surface area contributed by atoms with Crippen molar-refractivity contribution in [3.05, 3.63) is 36.4 Å². The number of fused-ring (bicyclic) bond motifs is 1. The number of ether oxygens (including phenoxy) is 2. The molecule has 3 rings (SSSR count). The largest absolute Gasteiger partial charge is 0.481 e. The van der Waals surface area contributed by atoms with E-state index in [-0.39, 0.29) is 19.2 Å². The van der Waals surface area contributed by atoms with Gasteiger partial charge in [0.15, 0.2) is 6.61 Å². The lowest BCUT2D eigenvalue weighted by molar-refractivity contribution is -0.147. The number of carbonyl (C=O) groups excluding carboxylic acids is 2. The summed E-state index contributed by atoms with van der Waals surface area (Å²) in [5.41, 5.74) is -0.347. The van der Waals surface area contributed by atoms with E-state index < -0.39 is 17.4 Å². The van der Waals surface area contributed by atoms with Crippen molar-refractivity contribution in [2.45, 2.75) is 13.3 Å². The molecule has 1 atom stereocenters. The van der Waals surface area contributed by atoms with Gasteiger partial charge >= 0.3 is 18.0 Å². The van der Waals surface area contributed by atoms with Crippen LogP contribution in [0.15, 0.2) is 36.4 Å². The minimum Gasteiger partial charge on any atom is -0.481 e. The first-order valence-electron chi connectivity index (χ1n) is 8.85. The normalized spacial score (nSPS) is 18.7. The number of aliphatic carboxylic acids is 1. The Morgan fingerprint density at radius 3 is 2.54 bits per heavy atom. The van der Waals surface area contributed by atoms with Gasteiger partial charge in [0.05, 0.1) is 18.2 Å². The second-order valence-electron chi connectivity index (χ2n) is 6.99. The number of carboxylic acid groups (broad SMARTS) is 1. The molecule has 1 unspecified atom stereocenters. The van der Waals surface area contributed by atoms with E-state index in [9.17, 15) is 19.5 Å². The molecule has 1 saturated heterocycles. The van der Waals surface area contributed by atoms with Crippen molar-refractivity contribution in [1.82, 2.24) is 4.90 Å². The van der Waals surface area contributed by atoms with Crippen LogP contribution >= 0.6 is 0 Å². The van der Waals surface area contributed by atoms with Gasteiger partial charge < -0.3 is 24.8 Å². The van der Waals surface area contributed by atoms with E-state index >= 15 is 0 Å². The van der Waals surface area contributed by atoms with Crippen LogP contribution in [0.4, 0.5) is 10.5 Å². The van der Waals surface area contributed by atoms with Gasteiger partial charge in [-0.05, 0) is 25.5 Å². The summed E-state index contributed by atoms with van der Waals surface area (Å²) in [6.07, 6.45) is 0.413. The topological polar surface area (TPSA) is 105 Å². The first-order valence-corrected chi connectivity index (χ1v) is 8.85. The highest BCUT2D eigenvalue weighted by molar-refractivity contribution is 6.04. The Bertz CT molecular complexity index is 928. The van der Waals surface area contributed by atoms with Crippen LogP contribution in [0.5, 0.6) is 5.75 Å². The third-order valence-electron chi connectivity index (χ3n) is 4.98. The second kappa shape index (κ2) is 7.75. The van der Waals surface area contributed by atoms with Gasteiger partial charge in [0.25, 0.3) is 0 Å². The Kier molecular flexibility index (Phi) is 5.39. The van der Waals surface area contributed by atoms with E-state index in [2.05, 4.69) is 10.1 Å². The average Bonchev–Trinajstić information content (AvgIpc) is 3.11. The Hall–Kier alpha value is -3.29. The predicted octanol–water partition coefficient (Wildman–Crippen LogP) is 2.72. The van der Waals surface area contributed by atoms with E-state index in [4.69, 9.17) is 4.74 Å². The molecule has 0 spiro atoms. The summed E-state index contributed by atoms with van der Waals surface area (Å²) in [6, 6.07) is 10.3. The summed E-state index contributed by atoms with van der Waals surface area (Å²) in [4.78, 5) is 36.9. The van der Waals surface area contributed by atoms with Gasteiger partial charge in [-0.3, -0.25) is 4.79 Å². The lowest BCUT2D eigenvalue weighted by Crippen LogP contribution is -2.37. The summed E-state index contributed by atoms with van der Waals surface area (Å²) in [6.45, 7) is 1.97. The zero-order chi connectivity index (χ0) is 20.3. The number of hydrogen-bond donors (Lipinski definition) is 2. The van der Waals surface area contributed by atoms with Gasteiger partial charge in [0.1, 0.15) is 5.75 Å². The monoisotopic (exact) mass is 386 g/mol. The third kappa shape index (κ3) is 3.85. The number of likely N-dealkylation sites (tertiary alicyclic amines) is 1. The Morgan fingerprint density at radius 2 is 1.89 bits per heavy atom. The van der Waals surface area contributed by atoms with Gasteiger partial charge in [-0.15, -0.1) is 0 Å².